The number of aryl methyl sites for hydroxylation is 1. The van der Waals surface area contributed by atoms with E-state index >= 15 is 0 Å². The molecule has 0 saturated carbocycles. The maximum atomic E-state index is 5.99. The molecule has 20 heavy (non-hydrogen) atoms. The number of hydrogen-bond donors (Lipinski definition) is 0. The van der Waals surface area contributed by atoms with Gasteiger partial charge in [-0.1, -0.05) is 24.1 Å². The third-order valence-electron chi connectivity index (χ3n) is 4.36. The van der Waals surface area contributed by atoms with E-state index in [1.54, 1.807) is 0 Å². The van der Waals surface area contributed by atoms with Gasteiger partial charge in [0.25, 0.3) is 0 Å². The Morgan fingerprint density at radius 1 is 1.00 bits per heavy atom. The predicted octanol–water partition coefficient (Wildman–Crippen LogP) is 4.42. The van der Waals surface area contributed by atoms with Gasteiger partial charge in [0.2, 0.25) is 0 Å². The molecule has 2 atom stereocenters. The van der Waals surface area contributed by atoms with Crippen LogP contribution in [0.4, 0.5) is 0 Å². The number of piperidine rings is 1. The molecule has 0 bridgehead atoms. The average Bonchev–Trinajstić information content (AvgIpc) is 2.48. The number of nitrogens with zero attached hydrogens (tertiary/aromatic N) is 1. The van der Waals surface area contributed by atoms with Crippen LogP contribution in [0.25, 0.3) is 0 Å². The molecule has 2 rings (SSSR count). The van der Waals surface area contributed by atoms with Crippen LogP contribution in [-0.2, 0) is 0 Å². The summed E-state index contributed by atoms with van der Waals surface area (Å²) in [6, 6.07) is 9.05. The SMILES string of the molecule is Cc1ccc(O[C@H](C)CC[C@H](C)N2CCCCC2)cc1. The number of ether oxygens (including phenoxy) is 1. The average molecular weight is 275 g/mol. The molecule has 1 aliphatic rings. The van der Waals surface area contributed by atoms with Crippen LogP contribution in [0.1, 0.15) is 51.5 Å². The first-order chi connectivity index (χ1) is 9.65. The summed E-state index contributed by atoms with van der Waals surface area (Å²) in [6.07, 6.45) is 6.82. The van der Waals surface area contributed by atoms with Gasteiger partial charge in [0, 0.05) is 6.04 Å². The predicted molar refractivity (Wildman–Crippen MR) is 85.4 cm³/mol. The van der Waals surface area contributed by atoms with Crippen molar-refractivity contribution >= 4 is 0 Å². The molecule has 2 heteroatoms. The lowest BCUT2D eigenvalue weighted by Gasteiger charge is -2.32. The van der Waals surface area contributed by atoms with E-state index in [4.69, 9.17) is 4.74 Å². The molecule has 1 aliphatic heterocycles. The van der Waals surface area contributed by atoms with Gasteiger partial charge in [-0.05, 0) is 71.7 Å². The lowest BCUT2D eigenvalue weighted by Crippen LogP contribution is -2.37. The molecule has 1 aromatic rings. The van der Waals surface area contributed by atoms with Crippen molar-refractivity contribution in [3.8, 4) is 5.75 Å². The molecular formula is C18H29NO. The van der Waals surface area contributed by atoms with Crippen LogP contribution in [-0.4, -0.2) is 30.1 Å². The van der Waals surface area contributed by atoms with Crippen LogP contribution in [0, 0.1) is 6.92 Å². The Kier molecular flexibility index (Phi) is 5.90. The highest BCUT2D eigenvalue weighted by Gasteiger charge is 2.17. The molecule has 0 amide bonds. The van der Waals surface area contributed by atoms with E-state index in [9.17, 15) is 0 Å². The topological polar surface area (TPSA) is 12.5 Å². The Morgan fingerprint density at radius 3 is 2.30 bits per heavy atom. The summed E-state index contributed by atoms with van der Waals surface area (Å²) in [5, 5.41) is 0. The minimum Gasteiger partial charge on any atom is -0.491 e. The monoisotopic (exact) mass is 275 g/mol. The fourth-order valence-electron chi connectivity index (χ4n) is 2.93. The lowest BCUT2D eigenvalue weighted by atomic mass is 10.0. The normalized spacial score (nSPS) is 19.6. The number of likely N-dealkylation sites (tertiary alicyclic amines) is 1. The minimum absolute atomic E-state index is 0.296. The second-order valence-corrected chi connectivity index (χ2v) is 6.26. The fourth-order valence-corrected chi connectivity index (χ4v) is 2.93. The third kappa shape index (κ3) is 4.82. The van der Waals surface area contributed by atoms with Gasteiger partial charge in [-0.25, -0.2) is 0 Å². The number of rotatable bonds is 6. The van der Waals surface area contributed by atoms with Crippen LogP contribution in [0.2, 0.25) is 0 Å². The van der Waals surface area contributed by atoms with E-state index in [1.807, 2.05) is 0 Å². The molecule has 0 radical (unpaired) electrons. The summed E-state index contributed by atoms with van der Waals surface area (Å²) in [5.74, 6) is 0.994. The van der Waals surface area contributed by atoms with E-state index in [1.165, 1.54) is 44.3 Å². The highest BCUT2D eigenvalue weighted by atomic mass is 16.5. The first-order valence-corrected chi connectivity index (χ1v) is 8.12. The Hall–Kier alpha value is -1.02. The second-order valence-electron chi connectivity index (χ2n) is 6.26. The summed E-state index contributed by atoms with van der Waals surface area (Å²) in [7, 11) is 0. The maximum absolute atomic E-state index is 5.99. The summed E-state index contributed by atoms with van der Waals surface area (Å²) >= 11 is 0. The lowest BCUT2D eigenvalue weighted by molar-refractivity contribution is 0.142. The van der Waals surface area contributed by atoms with Gasteiger partial charge in [0.1, 0.15) is 5.75 Å². The minimum atomic E-state index is 0.296. The number of benzene rings is 1. The van der Waals surface area contributed by atoms with E-state index in [-0.39, 0.29) is 0 Å². The van der Waals surface area contributed by atoms with Crippen molar-refractivity contribution in [3.63, 3.8) is 0 Å². The van der Waals surface area contributed by atoms with Crippen molar-refractivity contribution < 1.29 is 4.74 Å². The van der Waals surface area contributed by atoms with E-state index in [0.29, 0.717) is 12.1 Å². The first-order valence-electron chi connectivity index (χ1n) is 8.12. The van der Waals surface area contributed by atoms with Gasteiger partial charge >= 0.3 is 0 Å². The molecule has 0 spiro atoms. The molecular weight excluding hydrogens is 246 g/mol. The van der Waals surface area contributed by atoms with Gasteiger partial charge in [-0.15, -0.1) is 0 Å². The van der Waals surface area contributed by atoms with Crippen molar-refractivity contribution in [3.05, 3.63) is 29.8 Å². The summed E-state index contributed by atoms with van der Waals surface area (Å²) in [5.41, 5.74) is 1.28. The van der Waals surface area contributed by atoms with Crippen molar-refractivity contribution in [2.45, 2.75) is 65.0 Å². The fraction of sp³-hybridized carbons (Fsp3) is 0.667. The Morgan fingerprint density at radius 2 is 1.65 bits per heavy atom. The molecule has 0 aliphatic carbocycles. The maximum Gasteiger partial charge on any atom is 0.119 e. The van der Waals surface area contributed by atoms with E-state index in [2.05, 4.69) is 49.9 Å². The van der Waals surface area contributed by atoms with Gasteiger partial charge in [0.15, 0.2) is 0 Å². The molecule has 2 nitrogen and oxygen atoms in total. The van der Waals surface area contributed by atoms with Crippen LogP contribution in [0.15, 0.2) is 24.3 Å². The Balaban J connectivity index is 1.71. The van der Waals surface area contributed by atoms with Gasteiger partial charge in [0.05, 0.1) is 6.10 Å². The molecule has 0 aromatic heterocycles. The molecule has 1 saturated heterocycles. The molecule has 1 fully saturated rings. The Bertz CT molecular complexity index is 381. The van der Waals surface area contributed by atoms with Crippen LogP contribution in [0.5, 0.6) is 5.75 Å². The zero-order chi connectivity index (χ0) is 14.4. The van der Waals surface area contributed by atoms with Crippen molar-refractivity contribution in [2.24, 2.45) is 0 Å². The van der Waals surface area contributed by atoms with E-state index in [0.717, 1.165) is 12.2 Å². The summed E-state index contributed by atoms with van der Waals surface area (Å²) < 4.78 is 5.99. The third-order valence-corrected chi connectivity index (χ3v) is 4.36. The van der Waals surface area contributed by atoms with Gasteiger partial charge in [-0.3, -0.25) is 0 Å². The second kappa shape index (κ2) is 7.68. The largest absolute Gasteiger partial charge is 0.491 e. The van der Waals surface area contributed by atoms with Crippen LogP contribution >= 0.6 is 0 Å². The van der Waals surface area contributed by atoms with Crippen molar-refractivity contribution in [2.75, 3.05) is 13.1 Å². The first kappa shape index (κ1) is 15.4. The quantitative estimate of drug-likeness (QED) is 0.762. The van der Waals surface area contributed by atoms with Gasteiger partial charge in [-0.2, -0.15) is 0 Å². The van der Waals surface area contributed by atoms with Gasteiger partial charge < -0.3 is 9.64 Å². The highest BCUT2D eigenvalue weighted by molar-refractivity contribution is 5.26. The molecule has 1 aromatic carbocycles. The molecule has 0 N–H and O–H groups in total. The Labute approximate surface area is 124 Å². The number of hydrogen-bond acceptors (Lipinski definition) is 2. The summed E-state index contributed by atoms with van der Waals surface area (Å²) in [6.45, 7) is 9.23. The zero-order valence-electron chi connectivity index (χ0n) is 13.3. The van der Waals surface area contributed by atoms with Crippen LogP contribution in [0.3, 0.4) is 0 Å². The summed E-state index contributed by atoms with van der Waals surface area (Å²) in [4.78, 5) is 2.64. The van der Waals surface area contributed by atoms with E-state index < -0.39 is 0 Å². The molecule has 112 valence electrons. The smallest absolute Gasteiger partial charge is 0.119 e. The zero-order valence-corrected chi connectivity index (χ0v) is 13.3. The van der Waals surface area contributed by atoms with Crippen molar-refractivity contribution in [1.29, 1.82) is 0 Å². The van der Waals surface area contributed by atoms with Crippen molar-refractivity contribution in [1.82, 2.24) is 4.90 Å². The standard InChI is InChI=1S/C18H29NO/c1-15-7-11-18(12-8-15)20-17(3)10-9-16(2)19-13-5-4-6-14-19/h7-8,11-12,16-17H,4-6,9-10,13-14H2,1-3H3/t16-,17+/m0/s1. The van der Waals surface area contributed by atoms with Crippen LogP contribution < -0.4 is 4.74 Å². The highest BCUT2D eigenvalue weighted by Crippen LogP contribution is 2.18. The molecule has 1 heterocycles. The molecule has 0 unspecified atom stereocenters.